The highest BCUT2D eigenvalue weighted by atomic mass is 32.2. The number of hydrogen-bond acceptors (Lipinski definition) is 6. The van der Waals surface area contributed by atoms with E-state index in [-0.39, 0.29) is 0 Å². The molecular weight excluding hydrogens is 432 g/mol. The molecule has 1 N–H and O–H groups in total. The number of carbonyl (C=O) groups is 1. The quantitative estimate of drug-likeness (QED) is 0.148. The summed E-state index contributed by atoms with van der Waals surface area (Å²) in [4.78, 5) is 30.1. The van der Waals surface area contributed by atoms with E-state index in [2.05, 4.69) is 44.4 Å². The predicted octanol–water partition coefficient (Wildman–Crippen LogP) is 6.50. The Morgan fingerprint density at radius 2 is 1.88 bits per heavy atom. The lowest BCUT2D eigenvalue weighted by atomic mass is 9.96. The molecule has 2 heterocycles. The van der Waals surface area contributed by atoms with Gasteiger partial charge in [-0.1, -0.05) is 49.0 Å². The maximum absolute atomic E-state index is 11.6. The number of carbonyl (C=O) groups excluding carboxylic acids is 1. The van der Waals surface area contributed by atoms with Crippen molar-refractivity contribution in [1.82, 2.24) is 15.0 Å². The molecule has 4 aromatic rings. The van der Waals surface area contributed by atoms with Crippen molar-refractivity contribution in [3.8, 4) is 0 Å². The molecule has 0 atom stereocenters. The van der Waals surface area contributed by atoms with Gasteiger partial charge in [-0.05, 0) is 54.8 Å². The Morgan fingerprint density at radius 3 is 2.67 bits per heavy atom. The van der Waals surface area contributed by atoms with Gasteiger partial charge >= 0.3 is 5.97 Å². The summed E-state index contributed by atoms with van der Waals surface area (Å²) in [7, 11) is 0. The summed E-state index contributed by atoms with van der Waals surface area (Å²) in [6.07, 6.45) is 10.4. The van der Waals surface area contributed by atoms with Crippen molar-refractivity contribution in [3.63, 3.8) is 0 Å². The lowest BCUT2D eigenvalue weighted by Gasteiger charge is -2.14. The SMILES string of the molecule is CC(=O)ON=C(CCC1CCCC1)c1cc2c(cc1Sc1ncccn1)[nH]c1ccccc12. The van der Waals surface area contributed by atoms with Crippen LogP contribution in [0.5, 0.6) is 0 Å². The molecule has 0 amide bonds. The fourth-order valence-corrected chi connectivity index (χ4v) is 5.50. The Labute approximate surface area is 196 Å². The summed E-state index contributed by atoms with van der Waals surface area (Å²) in [6.45, 7) is 1.38. The van der Waals surface area contributed by atoms with Gasteiger partial charge in [-0.3, -0.25) is 0 Å². The summed E-state index contributed by atoms with van der Waals surface area (Å²) in [5, 5.41) is 7.27. The predicted molar refractivity (Wildman–Crippen MR) is 131 cm³/mol. The van der Waals surface area contributed by atoms with Crippen LogP contribution in [-0.2, 0) is 9.63 Å². The molecule has 6 nitrogen and oxygen atoms in total. The number of benzene rings is 2. The number of rotatable bonds is 7. The topological polar surface area (TPSA) is 80.2 Å². The van der Waals surface area contributed by atoms with Gasteiger partial charge in [-0.15, -0.1) is 0 Å². The van der Waals surface area contributed by atoms with Gasteiger partial charge in [0.15, 0.2) is 5.16 Å². The molecule has 0 spiro atoms. The first kappa shape index (κ1) is 21.6. The number of aromatic nitrogens is 3. The number of H-pyrrole nitrogens is 1. The van der Waals surface area contributed by atoms with E-state index in [1.807, 2.05) is 12.1 Å². The largest absolute Gasteiger partial charge is 0.354 e. The third kappa shape index (κ3) is 4.93. The zero-order chi connectivity index (χ0) is 22.6. The molecule has 5 rings (SSSR count). The molecule has 168 valence electrons. The third-order valence-electron chi connectivity index (χ3n) is 6.21. The lowest BCUT2D eigenvalue weighted by molar-refractivity contribution is -0.140. The first-order chi connectivity index (χ1) is 16.2. The molecule has 7 heteroatoms. The monoisotopic (exact) mass is 458 g/mol. The fraction of sp³-hybridized carbons (Fsp3) is 0.308. The molecule has 0 unspecified atom stereocenters. The summed E-state index contributed by atoms with van der Waals surface area (Å²) in [6, 6.07) is 14.4. The molecule has 1 aliphatic rings. The van der Waals surface area contributed by atoms with E-state index >= 15 is 0 Å². The zero-order valence-electron chi connectivity index (χ0n) is 18.6. The Bertz CT molecular complexity index is 1310. The highest BCUT2D eigenvalue weighted by Gasteiger charge is 2.20. The van der Waals surface area contributed by atoms with Gasteiger partial charge < -0.3 is 9.82 Å². The first-order valence-corrected chi connectivity index (χ1v) is 12.2. The van der Waals surface area contributed by atoms with Crippen LogP contribution < -0.4 is 0 Å². The van der Waals surface area contributed by atoms with Crippen LogP contribution in [0.1, 0.15) is 51.0 Å². The van der Waals surface area contributed by atoms with Crippen LogP contribution in [0.2, 0.25) is 0 Å². The van der Waals surface area contributed by atoms with Gasteiger partial charge in [0.2, 0.25) is 0 Å². The first-order valence-electron chi connectivity index (χ1n) is 11.4. The molecule has 1 fully saturated rings. The average molecular weight is 459 g/mol. The molecule has 2 aromatic carbocycles. The van der Waals surface area contributed by atoms with Gasteiger partial charge in [-0.25, -0.2) is 14.8 Å². The Morgan fingerprint density at radius 1 is 1.09 bits per heavy atom. The molecule has 0 aliphatic heterocycles. The van der Waals surface area contributed by atoms with E-state index in [4.69, 9.17) is 4.84 Å². The molecule has 0 bridgehead atoms. The van der Waals surface area contributed by atoms with Gasteiger partial charge in [0.1, 0.15) is 0 Å². The summed E-state index contributed by atoms with van der Waals surface area (Å²) >= 11 is 1.50. The van der Waals surface area contributed by atoms with Crippen LogP contribution >= 0.6 is 11.8 Å². The van der Waals surface area contributed by atoms with Crippen LogP contribution in [0.4, 0.5) is 0 Å². The van der Waals surface area contributed by atoms with Gasteiger partial charge in [0.25, 0.3) is 0 Å². The van der Waals surface area contributed by atoms with Crippen LogP contribution in [0.15, 0.2) is 70.1 Å². The van der Waals surface area contributed by atoms with Gasteiger partial charge in [0, 0.05) is 51.6 Å². The minimum atomic E-state index is -0.415. The van der Waals surface area contributed by atoms with E-state index in [1.165, 1.54) is 44.4 Å². The molecule has 33 heavy (non-hydrogen) atoms. The van der Waals surface area contributed by atoms with Crippen LogP contribution in [0, 0.1) is 5.92 Å². The van der Waals surface area contributed by atoms with Crippen LogP contribution in [0.3, 0.4) is 0 Å². The van der Waals surface area contributed by atoms with Crippen LogP contribution in [0.25, 0.3) is 21.8 Å². The molecule has 2 aromatic heterocycles. The number of nitrogens with one attached hydrogen (secondary N) is 1. The van der Waals surface area contributed by atoms with Crippen molar-refractivity contribution in [2.45, 2.75) is 55.5 Å². The van der Waals surface area contributed by atoms with E-state index in [0.717, 1.165) is 50.8 Å². The van der Waals surface area contributed by atoms with Gasteiger partial charge in [-0.2, -0.15) is 0 Å². The van der Waals surface area contributed by atoms with E-state index < -0.39 is 5.97 Å². The Kier molecular flexibility index (Phi) is 6.39. The number of hydrogen-bond donors (Lipinski definition) is 1. The molecule has 0 saturated heterocycles. The molecule has 1 saturated carbocycles. The summed E-state index contributed by atoms with van der Waals surface area (Å²) in [5.41, 5.74) is 3.88. The molecule has 0 radical (unpaired) electrons. The van der Waals surface area contributed by atoms with Crippen molar-refractivity contribution in [2.24, 2.45) is 11.1 Å². The highest BCUT2D eigenvalue weighted by Crippen LogP contribution is 2.36. The van der Waals surface area contributed by atoms with Crippen molar-refractivity contribution < 1.29 is 9.63 Å². The lowest BCUT2D eigenvalue weighted by Crippen LogP contribution is -2.08. The third-order valence-corrected chi connectivity index (χ3v) is 7.16. The Hall–Kier alpha value is -3.19. The second-order valence-electron chi connectivity index (χ2n) is 8.51. The van der Waals surface area contributed by atoms with E-state index in [0.29, 0.717) is 11.1 Å². The minimum Gasteiger partial charge on any atom is -0.354 e. The number of para-hydroxylation sites is 1. The van der Waals surface area contributed by atoms with E-state index in [1.54, 1.807) is 18.5 Å². The van der Waals surface area contributed by atoms with Crippen molar-refractivity contribution in [3.05, 3.63) is 60.4 Å². The maximum atomic E-state index is 11.6. The minimum absolute atomic E-state index is 0.415. The highest BCUT2D eigenvalue weighted by molar-refractivity contribution is 7.99. The normalized spacial score (nSPS) is 14.9. The molecule has 1 aliphatic carbocycles. The fourth-order valence-electron chi connectivity index (χ4n) is 4.61. The molecular formula is C26H26N4O2S. The average Bonchev–Trinajstić information content (AvgIpc) is 3.47. The van der Waals surface area contributed by atoms with Crippen LogP contribution in [-0.4, -0.2) is 26.6 Å². The standard InChI is InChI=1S/C26H26N4O2S/c1-17(31)32-30-23(12-11-18-7-2-3-8-18)21-15-20-19-9-4-5-10-22(19)29-24(20)16-25(21)33-26-27-13-6-14-28-26/h4-6,9-10,13-16,18,29H,2-3,7-8,11-12H2,1H3. The van der Waals surface area contributed by atoms with Crippen molar-refractivity contribution >= 4 is 45.2 Å². The second kappa shape index (κ2) is 9.75. The van der Waals surface area contributed by atoms with Crippen molar-refractivity contribution in [2.75, 3.05) is 0 Å². The smallest absolute Gasteiger partial charge is 0.331 e. The number of oxime groups is 1. The number of fused-ring (bicyclic) bond motifs is 3. The summed E-state index contributed by atoms with van der Waals surface area (Å²) < 4.78 is 0. The number of nitrogens with zero attached hydrogens (tertiary/aromatic N) is 3. The van der Waals surface area contributed by atoms with E-state index in [9.17, 15) is 4.79 Å². The van der Waals surface area contributed by atoms with Gasteiger partial charge in [0.05, 0.1) is 5.71 Å². The maximum Gasteiger partial charge on any atom is 0.331 e. The zero-order valence-corrected chi connectivity index (χ0v) is 19.4. The Balaban J connectivity index is 1.61. The number of aromatic amines is 1. The second-order valence-corrected chi connectivity index (χ2v) is 9.52. The summed E-state index contributed by atoms with van der Waals surface area (Å²) in [5.74, 6) is 0.292. The van der Waals surface area contributed by atoms with Crippen molar-refractivity contribution in [1.29, 1.82) is 0 Å².